The minimum Gasteiger partial charge on any atom is -0.508 e. The van der Waals surface area contributed by atoms with Gasteiger partial charge in [-0.1, -0.05) is 27.7 Å². The van der Waals surface area contributed by atoms with Crippen molar-refractivity contribution < 1.29 is 9.50 Å². The maximum atomic E-state index is 13.2. The number of aromatic hydroxyl groups is 1. The zero-order valence-electron chi connectivity index (χ0n) is 9.56. The zero-order chi connectivity index (χ0) is 11.3. The van der Waals surface area contributed by atoms with Gasteiger partial charge in [0.15, 0.2) is 0 Å². The van der Waals surface area contributed by atoms with Gasteiger partial charge in [0.05, 0.1) is 0 Å². The maximum absolute atomic E-state index is 13.2. The van der Waals surface area contributed by atoms with E-state index in [0.29, 0.717) is 11.1 Å². The van der Waals surface area contributed by atoms with Gasteiger partial charge in [0, 0.05) is 0 Å². The van der Waals surface area contributed by atoms with Crippen molar-refractivity contribution >= 4 is 0 Å². The van der Waals surface area contributed by atoms with E-state index in [0.717, 1.165) is 0 Å². The van der Waals surface area contributed by atoms with E-state index in [1.807, 2.05) is 27.7 Å². The Labute approximate surface area is 85.6 Å². The van der Waals surface area contributed by atoms with Crippen LogP contribution in [0.4, 0.5) is 4.39 Å². The molecular formula is C12H19FO. The van der Waals surface area contributed by atoms with Gasteiger partial charge < -0.3 is 5.11 Å². The molecule has 14 heavy (non-hydrogen) atoms. The van der Waals surface area contributed by atoms with Crippen molar-refractivity contribution in [1.29, 1.82) is 0 Å². The lowest BCUT2D eigenvalue weighted by molar-refractivity contribution is 0.466. The van der Waals surface area contributed by atoms with Crippen molar-refractivity contribution in [3.63, 3.8) is 0 Å². The van der Waals surface area contributed by atoms with Crippen LogP contribution in [-0.4, -0.2) is 5.11 Å². The summed E-state index contributed by atoms with van der Waals surface area (Å²) in [5, 5.41) is 9.31. The molecule has 1 aromatic carbocycles. The number of aryl methyl sites for hydroxylation is 1. The number of hydrogen-bond acceptors (Lipinski definition) is 1. The molecule has 0 bridgehead atoms. The summed E-state index contributed by atoms with van der Waals surface area (Å²) in [4.78, 5) is 0. The van der Waals surface area contributed by atoms with Crippen LogP contribution in [0.15, 0.2) is 12.1 Å². The number of phenols is 1. The second kappa shape index (κ2) is 5.63. The summed E-state index contributed by atoms with van der Waals surface area (Å²) in [6.07, 6.45) is 0. The van der Waals surface area contributed by atoms with Gasteiger partial charge >= 0.3 is 0 Å². The van der Waals surface area contributed by atoms with Gasteiger partial charge in [-0.25, -0.2) is 4.39 Å². The Balaban J connectivity index is 0.000000791. The van der Waals surface area contributed by atoms with Crippen LogP contribution in [0.25, 0.3) is 0 Å². The summed E-state index contributed by atoms with van der Waals surface area (Å²) >= 11 is 0. The number of halogens is 1. The van der Waals surface area contributed by atoms with Crippen molar-refractivity contribution in [1.82, 2.24) is 0 Å². The quantitative estimate of drug-likeness (QED) is 0.723. The Kier molecular flexibility index (Phi) is 5.21. The van der Waals surface area contributed by atoms with Crippen molar-refractivity contribution in [2.45, 2.75) is 40.5 Å². The molecule has 0 aromatic heterocycles. The summed E-state index contributed by atoms with van der Waals surface area (Å²) in [5.74, 6) is 0.0388. The van der Waals surface area contributed by atoms with Crippen LogP contribution in [0.5, 0.6) is 5.75 Å². The predicted molar refractivity (Wildman–Crippen MR) is 58.2 cm³/mol. The molecule has 0 fully saturated rings. The lowest BCUT2D eigenvalue weighted by Gasteiger charge is -2.08. The minimum atomic E-state index is -0.236. The van der Waals surface area contributed by atoms with E-state index in [2.05, 4.69) is 0 Å². The SMILES string of the molecule is CC.Cc1cc(F)c(C(C)C)cc1O. The first kappa shape index (κ1) is 12.9. The Morgan fingerprint density at radius 2 is 1.71 bits per heavy atom. The van der Waals surface area contributed by atoms with E-state index in [4.69, 9.17) is 0 Å². The van der Waals surface area contributed by atoms with Gasteiger partial charge in [-0.3, -0.25) is 0 Å². The van der Waals surface area contributed by atoms with Crippen molar-refractivity contribution in [3.8, 4) is 5.75 Å². The summed E-state index contributed by atoms with van der Waals surface area (Å²) in [6, 6.07) is 2.86. The molecule has 0 aliphatic rings. The van der Waals surface area contributed by atoms with Crippen LogP contribution >= 0.6 is 0 Å². The number of phenolic OH excluding ortho intramolecular Hbond substituents is 1. The second-order valence-electron chi connectivity index (χ2n) is 3.31. The molecule has 2 heteroatoms. The predicted octanol–water partition coefficient (Wildman–Crippen LogP) is 3.99. The van der Waals surface area contributed by atoms with Crippen LogP contribution in [0, 0.1) is 12.7 Å². The molecule has 0 heterocycles. The lowest BCUT2D eigenvalue weighted by Crippen LogP contribution is -1.93. The Morgan fingerprint density at radius 1 is 1.21 bits per heavy atom. The van der Waals surface area contributed by atoms with Crippen molar-refractivity contribution in [2.24, 2.45) is 0 Å². The monoisotopic (exact) mass is 198 g/mol. The first-order valence-corrected chi connectivity index (χ1v) is 5.01. The summed E-state index contributed by atoms with van der Waals surface area (Å²) in [7, 11) is 0. The molecule has 0 spiro atoms. The van der Waals surface area contributed by atoms with Gasteiger partial charge in [0.2, 0.25) is 0 Å². The highest BCUT2D eigenvalue weighted by Crippen LogP contribution is 2.25. The van der Waals surface area contributed by atoms with Crippen LogP contribution in [0.2, 0.25) is 0 Å². The van der Waals surface area contributed by atoms with Gasteiger partial charge in [-0.15, -0.1) is 0 Å². The molecule has 1 nitrogen and oxygen atoms in total. The summed E-state index contributed by atoms with van der Waals surface area (Å²) in [6.45, 7) is 9.48. The first-order chi connectivity index (χ1) is 6.52. The molecular weight excluding hydrogens is 179 g/mol. The average molecular weight is 198 g/mol. The molecule has 0 radical (unpaired) electrons. The normalized spacial score (nSPS) is 9.64. The largest absolute Gasteiger partial charge is 0.508 e. The molecule has 1 rings (SSSR count). The van der Waals surface area contributed by atoms with E-state index in [1.165, 1.54) is 12.1 Å². The number of rotatable bonds is 1. The van der Waals surface area contributed by atoms with Gasteiger partial charge in [0.25, 0.3) is 0 Å². The molecule has 0 atom stereocenters. The van der Waals surface area contributed by atoms with Crippen LogP contribution in [0.3, 0.4) is 0 Å². The van der Waals surface area contributed by atoms with E-state index < -0.39 is 0 Å². The maximum Gasteiger partial charge on any atom is 0.127 e. The molecule has 0 aliphatic carbocycles. The number of benzene rings is 1. The van der Waals surface area contributed by atoms with Crippen molar-refractivity contribution in [3.05, 3.63) is 29.1 Å². The fraction of sp³-hybridized carbons (Fsp3) is 0.500. The first-order valence-electron chi connectivity index (χ1n) is 5.01. The van der Waals surface area contributed by atoms with Crippen LogP contribution in [-0.2, 0) is 0 Å². The highest BCUT2D eigenvalue weighted by molar-refractivity contribution is 5.37. The molecule has 0 saturated heterocycles. The Bertz CT molecular complexity index is 293. The third-order valence-electron chi connectivity index (χ3n) is 1.94. The molecule has 0 aliphatic heterocycles. The standard InChI is InChI=1S/C10H13FO.C2H6/c1-6(2)8-5-10(12)7(3)4-9(8)11;1-2/h4-6,12H,1-3H3;1-2H3. The molecule has 0 amide bonds. The fourth-order valence-electron chi connectivity index (χ4n) is 1.12. The van der Waals surface area contributed by atoms with Crippen molar-refractivity contribution in [2.75, 3.05) is 0 Å². The molecule has 1 N–H and O–H groups in total. The van der Waals surface area contributed by atoms with Gasteiger partial charge in [-0.05, 0) is 36.1 Å². The van der Waals surface area contributed by atoms with Gasteiger partial charge in [0.1, 0.15) is 11.6 Å². The number of hydrogen-bond donors (Lipinski definition) is 1. The third-order valence-corrected chi connectivity index (χ3v) is 1.94. The summed E-state index contributed by atoms with van der Waals surface area (Å²) < 4.78 is 13.2. The average Bonchev–Trinajstić information content (AvgIpc) is 2.14. The smallest absolute Gasteiger partial charge is 0.127 e. The Hall–Kier alpha value is -1.05. The third kappa shape index (κ3) is 3.02. The van der Waals surface area contributed by atoms with Crippen LogP contribution < -0.4 is 0 Å². The van der Waals surface area contributed by atoms with E-state index in [-0.39, 0.29) is 17.5 Å². The lowest BCUT2D eigenvalue weighted by atomic mass is 10.0. The molecule has 0 unspecified atom stereocenters. The zero-order valence-corrected chi connectivity index (χ0v) is 9.56. The van der Waals surface area contributed by atoms with E-state index >= 15 is 0 Å². The molecule has 80 valence electrons. The van der Waals surface area contributed by atoms with Crippen LogP contribution in [0.1, 0.15) is 44.7 Å². The topological polar surface area (TPSA) is 20.2 Å². The van der Waals surface area contributed by atoms with E-state index in [9.17, 15) is 9.50 Å². The molecule has 1 aromatic rings. The Morgan fingerprint density at radius 3 is 2.14 bits per heavy atom. The minimum absolute atomic E-state index is 0.108. The summed E-state index contributed by atoms with van der Waals surface area (Å²) in [5.41, 5.74) is 1.15. The molecule has 0 saturated carbocycles. The van der Waals surface area contributed by atoms with Gasteiger partial charge in [-0.2, -0.15) is 0 Å². The van der Waals surface area contributed by atoms with E-state index in [1.54, 1.807) is 6.92 Å². The second-order valence-corrected chi connectivity index (χ2v) is 3.31. The fourth-order valence-corrected chi connectivity index (χ4v) is 1.12. The highest BCUT2D eigenvalue weighted by atomic mass is 19.1. The highest BCUT2D eigenvalue weighted by Gasteiger charge is 2.09.